The summed E-state index contributed by atoms with van der Waals surface area (Å²) < 4.78 is 5.92. The number of hydrogen-bond donors (Lipinski definition) is 1. The quantitative estimate of drug-likeness (QED) is 0.523. The number of nitrogens with one attached hydrogen (secondary N) is 1. The highest BCUT2D eigenvalue weighted by molar-refractivity contribution is 5.55. The van der Waals surface area contributed by atoms with E-state index in [2.05, 4.69) is 58.8 Å². The molecule has 0 aliphatic carbocycles. The number of nitrogens with zero attached hydrogens (tertiary/aromatic N) is 1. The van der Waals surface area contributed by atoms with Gasteiger partial charge in [-0.1, -0.05) is 91.0 Å². The Labute approximate surface area is 153 Å². The third kappa shape index (κ3) is 3.73. The van der Waals surface area contributed by atoms with E-state index in [1.807, 2.05) is 42.5 Å². The number of oxazole rings is 1. The highest BCUT2D eigenvalue weighted by atomic mass is 16.4. The van der Waals surface area contributed by atoms with Gasteiger partial charge in [0, 0.05) is 5.56 Å². The molecule has 0 unspecified atom stereocenters. The molecule has 26 heavy (non-hydrogen) atoms. The predicted octanol–water partition coefficient (Wildman–Crippen LogP) is 5.22. The van der Waals surface area contributed by atoms with Crippen molar-refractivity contribution in [2.24, 2.45) is 0 Å². The Morgan fingerprint density at radius 2 is 1.27 bits per heavy atom. The molecule has 0 saturated carbocycles. The van der Waals surface area contributed by atoms with Gasteiger partial charge in [-0.2, -0.15) is 0 Å². The summed E-state index contributed by atoms with van der Waals surface area (Å²) in [7, 11) is 0. The molecule has 1 aromatic heterocycles. The van der Waals surface area contributed by atoms with Crippen molar-refractivity contribution in [2.75, 3.05) is 0 Å². The maximum Gasteiger partial charge on any atom is 0.208 e. The monoisotopic (exact) mass is 340 g/mol. The third-order valence-corrected chi connectivity index (χ3v) is 4.34. The standard InChI is InChI=1S/C23H20N2O/c1-4-10-18(11-5-1)21-16-24-22(26-21)17-25-23(19-12-6-2-7-13-19)20-14-8-3-9-15-20/h1-16,23,25H,17H2. The molecular formula is C23H20N2O. The van der Waals surface area contributed by atoms with E-state index in [1.165, 1.54) is 11.1 Å². The second-order valence-electron chi connectivity index (χ2n) is 6.12. The predicted molar refractivity (Wildman–Crippen MR) is 104 cm³/mol. The Morgan fingerprint density at radius 3 is 1.85 bits per heavy atom. The number of benzene rings is 3. The molecule has 3 heteroatoms. The molecule has 0 atom stereocenters. The van der Waals surface area contributed by atoms with Crippen molar-refractivity contribution in [1.82, 2.24) is 10.3 Å². The molecule has 0 amide bonds. The smallest absolute Gasteiger partial charge is 0.208 e. The largest absolute Gasteiger partial charge is 0.439 e. The van der Waals surface area contributed by atoms with Gasteiger partial charge in [0.15, 0.2) is 5.76 Å². The molecule has 0 spiro atoms. The van der Waals surface area contributed by atoms with Crippen molar-refractivity contribution in [2.45, 2.75) is 12.6 Å². The van der Waals surface area contributed by atoms with E-state index in [9.17, 15) is 0 Å². The van der Waals surface area contributed by atoms with Gasteiger partial charge in [0.1, 0.15) is 0 Å². The highest BCUT2D eigenvalue weighted by Crippen LogP contribution is 2.23. The fraction of sp³-hybridized carbons (Fsp3) is 0.0870. The van der Waals surface area contributed by atoms with Crippen molar-refractivity contribution >= 4 is 0 Å². The zero-order valence-corrected chi connectivity index (χ0v) is 14.4. The molecule has 3 aromatic carbocycles. The first-order chi connectivity index (χ1) is 12.9. The van der Waals surface area contributed by atoms with Crippen LogP contribution < -0.4 is 5.32 Å². The van der Waals surface area contributed by atoms with Crippen LogP contribution >= 0.6 is 0 Å². The number of hydrogen-bond acceptors (Lipinski definition) is 3. The molecule has 0 bridgehead atoms. The fourth-order valence-electron chi connectivity index (χ4n) is 3.04. The minimum atomic E-state index is 0.0875. The average Bonchev–Trinajstić information content (AvgIpc) is 3.20. The van der Waals surface area contributed by atoms with Crippen LogP contribution in [0.15, 0.2) is 102 Å². The summed E-state index contributed by atoms with van der Waals surface area (Å²) in [5, 5.41) is 3.58. The maximum atomic E-state index is 5.92. The Balaban J connectivity index is 1.53. The van der Waals surface area contributed by atoms with Crippen molar-refractivity contribution in [3.63, 3.8) is 0 Å². The lowest BCUT2D eigenvalue weighted by Gasteiger charge is -2.19. The molecule has 4 rings (SSSR count). The van der Waals surface area contributed by atoms with E-state index in [-0.39, 0.29) is 6.04 Å². The molecule has 3 nitrogen and oxygen atoms in total. The van der Waals surface area contributed by atoms with Crippen LogP contribution in [0.3, 0.4) is 0 Å². The van der Waals surface area contributed by atoms with E-state index < -0.39 is 0 Å². The number of aromatic nitrogens is 1. The second kappa shape index (κ2) is 7.81. The Kier molecular flexibility index (Phi) is 4.90. The summed E-state index contributed by atoms with van der Waals surface area (Å²) >= 11 is 0. The first-order valence-corrected chi connectivity index (χ1v) is 8.73. The van der Waals surface area contributed by atoms with Crippen LogP contribution in [-0.2, 0) is 6.54 Å². The first kappa shape index (κ1) is 16.3. The van der Waals surface area contributed by atoms with Gasteiger partial charge in [-0.15, -0.1) is 0 Å². The molecule has 0 aliphatic heterocycles. The summed E-state index contributed by atoms with van der Waals surface area (Å²) in [5.41, 5.74) is 3.47. The summed E-state index contributed by atoms with van der Waals surface area (Å²) in [5.74, 6) is 1.47. The molecule has 1 N–H and O–H groups in total. The summed E-state index contributed by atoms with van der Waals surface area (Å²) in [4.78, 5) is 4.42. The SMILES string of the molecule is c1ccc(-c2cnc(CNC(c3ccccc3)c3ccccc3)o2)cc1. The Morgan fingerprint density at radius 1 is 0.731 bits per heavy atom. The summed E-state index contributed by atoms with van der Waals surface area (Å²) in [6.07, 6.45) is 1.78. The molecule has 128 valence electrons. The molecular weight excluding hydrogens is 320 g/mol. The van der Waals surface area contributed by atoms with Crippen LogP contribution in [0, 0.1) is 0 Å². The zero-order valence-electron chi connectivity index (χ0n) is 14.4. The summed E-state index contributed by atoms with van der Waals surface area (Å²) in [6, 6.07) is 31.0. The van der Waals surface area contributed by atoms with Crippen LogP contribution in [0.25, 0.3) is 11.3 Å². The van der Waals surface area contributed by atoms with Crippen molar-refractivity contribution in [3.8, 4) is 11.3 Å². The van der Waals surface area contributed by atoms with Crippen LogP contribution in [0.1, 0.15) is 23.1 Å². The van der Waals surface area contributed by atoms with E-state index in [0.29, 0.717) is 12.4 Å². The molecule has 1 heterocycles. The van der Waals surface area contributed by atoms with Crippen molar-refractivity contribution < 1.29 is 4.42 Å². The fourth-order valence-corrected chi connectivity index (χ4v) is 3.04. The minimum absolute atomic E-state index is 0.0875. The van der Waals surface area contributed by atoms with Gasteiger partial charge in [-0.3, -0.25) is 5.32 Å². The first-order valence-electron chi connectivity index (χ1n) is 8.73. The summed E-state index contributed by atoms with van der Waals surface area (Å²) in [6.45, 7) is 0.557. The molecule has 0 aliphatic rings. The van der Waals surface area contributed by atoms with E-state index >= 15 is 0 Å². The topological polar surface area (TPSA) is 38.1 Å². The third-order valence-electron chi connectivity index (χ3n) is 4.34. The van der Waals surface area contributed by atoms with Gasteiger partial charge >= 0.3 is 0 Å². The lowest BCUT2D eigenvalue weighted by atomic mass is 9.99. The van der Waals surface area contributed by atoms with Gasteiger partial charge in [-0.25, -0.2) is 4.98 Å². The molecule has 4 aromatic rings. The zero-order chi connectivity index (χ0) is 17.6. The average molecular weight is 340 g/mol. The van der Waals surface area contributed by atoms with E-state index in [1.54, 1.807) is 6.20 Å². The van der Waals surface area contributed by atoms with Crippen LogP contribution in [-0.4, -0.2) is 4.98 Å². The van der Waals surface area contributed by atoms with Crippen molar-refractivity contribution in [1.29, 1.82) is 0 Å². The Bertz CT molecular complexity index is 894. The minimum Gasteiger partial charge on any atom is -0.439 e. The van der Waals surface area contributed by atoms with Gasteiger partial charge in [0.25, 0.3) is 0 Å². The van der Waals surface area contributed by atoms with E-state index in [4.69, 9.17) is 4.42 Å². The van der Waals surface area contributed by atoms with Crippen LogP contribution in [0.2, 0.25) is 0 Å². The molecule has 0 radical (unpaired) electrons. The molecule has 0 saturated heterocycles. The molecule has 0 fully saturated rings. The van der Waals surface area contributed by atoms with Gasteiger partial charge < -0.3 is 4.42 Å². The van der Waals surface area contributed by atoms with Gasteiger partial charge in [0.05, 0.1) is 18.8 Å². The van der Waals surface area contributed by atoms with Crippen molar-refractivity contribution in [3.05, 3.63) is 114 Å². The van der Waals surface area contributed by atoms with E-state index in [0.717, 1.165) is 11.3 Å². The van der Waals surface area contributed by atoms with Gasteiger partial charge in [-0.05, 0) is 11.1 Å². The van der Waals surface area contributed by atoms with Crippen LogP contribution in [0.4, 0.5) is 0 Å². The Hall–Kier alpha value is -3.17. The lowest BCUT2D eigenvalue weighted by molar-refractivity contribution is 0.462. The van der Waals surface area contributed by atoms with Crippen LogP contribution in [0.5, 0.6) is 0 Å². The normalized spacial score (nSPS) is 11.0. The second-order valence-corrected chi connectivity index (χ2v) is 6.12. The van der Waals surface area contributed by atoms with Gasteiger partial charge in [0.2, 0.25) is 5.89 Å². The maximum absolute atomic E-state index is 5.92. The lowest BCUT2D eigenvalue weighted by Crippen LogP contribution is -2.22. The highest BCUT2D eigenvalue weighted by Gasteiger charge is 2.14. The number of rotatable bonds is 6.